The van der Waals surface area contributed by atoms with Crippen molar-refractivity contribution >= 4 is 23.2 Å². The summed E-state index contributed by atoms with van der Waals surface area (Å²) in [4.78, 5) is 27.3. The van der Waals surface area contributed by atoms with Crippen molar-refractivity contribution < 1.29 is 29.3 Å². The van der Waals surface area contributed by atoms with E-state index in [1.807, 2.05) is 6.92 Å². The van der Waals surface area contributed by atoms with Crippen molar-refractivity contribution in [1.82, 2.24) is 14.6 Å². The zero-order valence-electron chi connectivity index (χ0n) is 16.7. The lowest BCUT2D eigenvalue weighted by Crippen LogP contribution is -2.39. The molecule has 1 amide bonds. The van der Waals surface area contributed by atoms with Gasteiger partial charge in [-0.15, -0.1) is 0 Å². The Morgan fingerprint density at radius 3 is 2.83 bits per heavy atom. The number of carbonyl (C=O) groups excluding carboxylic acids is 2. The lowest BCUT2D eigenvalue weighted by molar-refractivity contribution is -0.149. The van der Waals surface area contributed by atoms with Gasteiger partial charge in [0.2, 0.25) is 5.91 Å². The Kier molecular flexibility index (Phi) is 6.15. The third kappa shape index (κ3) is 4.09. The highest BCUT2D eigenvalue weighted by atomic mass is 16.6. The normalized spacial score (nSPS) is 26.6. The van der Waals surface area contributed by atoms with E-state index in [0.717, 1.165) is 12.8 Å². The number of carbonyl (C=O) groups is 2. The average molecular weight is 406 g/mol. The van der Waals surface area contributed by atoms with Gasteiger partial charge in [-0.25, -0.2) is 9.50 Å². The second-order valence-electron chi connectivity index (χ2n) is 7.28. The van der Waals surface area contributed by atoms with Gasteiger partial charge in [0.25, 0.3) is 0 Å². The predicted octanol–water partition coefficient (Wildman–Crippen LogP) is 0.757. The summed E-state index contributed by atoms with van der Waals surface area (Å²) in [6.07, 6.45) is -0.0447. The summed E-state index contributed by atoms with van der Waals surface area (Å²) < 4.78 is 12.3. The highest BCUT2D eigenvalue weighted by Gasteiger charge is 2.53. The summed E-state index contributed by atoms with van der Waals surface area (Å²) in [5, 5.41) is 28.0. The molecule has 1 aliphatic heterocycles. The van der Waals surface area contributed by atoms with E-state index in [0.29, 0.717) is 23.4 Å². The first kappa shape index (κ1) is 21.2. The number of hydrogen-bond donors (Lipinski definition) is 3. The zero-order chi connectivity index (χ0) is 21.2. The molecule has 1 aliphatic rings. The lowest BCUT2D eigenvalue weighted by Gasteiger charge is -2.27. The van der Waals surface area contributed by atoms with Gasteiger partial charge in [-0.05, 0) is 25.5 Å². The first-order valence-corrected chi connectivity index (χ1v) is 9.58. The van der Waals surface area contributed by atoms with E-state index < -0.39 is 29.9 Å². The average Bonchev–Trinajstić information content (AvgIpc) is 3.22. The molecule has 29 heavy (non-hydrogen) atoms. The molecule has 3 heterocycles. The first-order chi connectivity index (χ1) is 13.8. The van der Waals surface area contributed by atoms with E-state index in [1.54, 1.807) is 19.1 Å². The number of ether oxygens (including phenoxy) is 2. The molecule has 2 aromatic rings. The van der Waals surface area contributed by atoms with Gasteiger partial charge in [0, 0.05) is 13.3 Å². The molecule has 158 valence electrons. The molecule has 1 fully saturated rings. The zero-order valence-corrected chi connectivity index (χ0v) is 16.7. The molecule has 0 radical (unpaired) electrons. The molecular formula is C19H26N4O6. The number of aliphatic hydroxyl groups excluding tert-OH is 2. The number of anilines is 1. The molecule has 0 spiro atoms. The number of rotatable bonds is 7. The molecule has 0 unspecified atom stereocenters. The highest BCUT2D eigenvalue weighted by molar-refractivity contribution is 5.93. The Morgan fingerprint density at radius 1 is 1.38 bits per heavy atom. The summed E-state index contributed by atoms with van der Waals surface area (Å²) in [6.45, 7) is 4.70. The van der Waals surface area contributed by atoms with Gasteiger partial charge in [-0.2, -0.15) is 5.10 Å². The van der Waals surface area contributed by atoms with Crippen molar-refractivity contribution in [3.8, 4) is 0 Å². The second-order valence-corrected chi connectivity index (χ2v) is 7.28. The minimum atomic E-state index is -1.31. The molecule has 3 rings (SSSR count). The molecule has 0 bridgehead atoms. The summed E-state index contributed by atoms with van der Waals surface area (Å²) in [5.41, 5.74) is -0.313. The van der Waals surface area contributed by atoms with Crippen LogP contribution >= 0.6 is 0 Å². The van der Waals surface area contributed by atoms with Crippen LogP contribution in [0.15, 0.2) is 18.5 Å². The predicted molar refractivity (Wildman–Crippen MR) is 102 cm³/mol. The quantitative estimate of drug-likeness (QED) is 0.574. The van der Waals surface area contributed by atoms with Crippen LogP contribution in [0.1, 0.15) is 45.7 Å². The smallest absolute Gasteiger partial charge is 0.302 e. The number of aliphatic hydroxyl groups is 2. The van der Waals surface area contributed by atoms with Gasteiger partial charge in [-0.3, -0.25) is 9.59 Å². The number of esters is 1. The van der Waals surface area contributed by atoms with Crippen molar-refractivity contribution in [3.05, 3.63) is 24.2 Å². The van der Waals surface area contributed by atoms with E-state index in [2.05, 4.69) is 15.4 Å². The Balaban J connectivity index is 1.89. The monoisotopic (exact) mass is 406 g/mol. The second kappa shape index (κ2) is 8.44. The molecule has 0 saturated carbocycles. The lowest BCUT2D eigenvalue weighted by atomic mass is 9.93. The van der Waals surface area contributed by atoms with Crippen LogP contribution in [0.3, 0.4) is 0 Å². The van der Waals surface area contributed by atoms with E-state index in [4.69, 9.17) is 9.47 Å². The van der Waals surface area contributed by atoms with Gasteiger partial charge >= 0.3 is 5.97 Å². The number of unbranched alkanes of at least 4 members (excludes halogenated alkanes) is 1. The number of fused-ring (bicyclic) bond motifs is 1. The standard InChI is InChI=1S/C19H26N4O6/c1-4-5-6-15(25)22-18-12-7-8-14(23(12)21-10-20-18)19(3)17(27)16(26)13(29-19)9-28-11(2)24/h7-8,10,13,16-17,26-27H,4-6,9H2,1-3H3,(H,20,21,22,25)/t13-,16-,17-,19+/m1/s1. The molecule has 0 aromatic carbocycles. The van der Waals surface area contributed by atoms with Crippen LogP contribution in [0, 0.1) is 0 Å². The highest BCUT2D eigenvalue weighted by Crippen LogP contribution is 2.40. The summed E-state index contributed by atoms with van der Waals surface area (Å²) in [5.74, 6) is -0.302. The van der Waals surface area contributed by atoms with E-state index in [1.165, 1.54) is 17.8 Å². The maximum Gasteiger partial charge on any atom is 0.302 e. The fourth-order valence-corrected chi connectivity index (χ4v) is 3.46. The fourth-order valence-electron chi connectivity index (χ4n) is 3.46. The summed E-state index contributed by atoms with van der Waals surface area (Å²) in [6, 6.07) is 3.40. The van der Waals surface area contributed by atoms with Crippen LogP contribution in [-0.2, 0) is 24.7 Å². The van der Waals surface area contributed by atoms with E-state index in [-0.39, 0.29) is 12.5 Å². The van der Waals surface area contributed by atoms with Crippen LogP contribution in [-0.4, -0.2) is 61.6 Å². The Hall–Kier alpha value is -2.56. The van der Waals surface area contributed by atoms with E-state index >= 15 is 0 Å². The van der Waals surface area contributed by atoms with Gasteiger partial charge in [0.15, 0.2) is 5.82 Å². The van der Waals surface area contributed by atoms with Crippen LogP contribution in [0.5, 0.6) is 0 Å². The van der Waals surface area contributed by atoms with Crippen LogP contribution in [0.2, 0.25) is 0 Å². The third-order valence-corrected chi connectivity index (χ3v) is 5.09. The number of hydrogen-bond acceptors (Lipinski definition) is 8. The molecule has 3 N–H and O–H groups in total. The van der Waals surface area contributed by atoms with Crippen molar-refractivity contribution in [2.75, 3.05) is 11.9 Å². The largest absolute Gasteiger partial charge is 0.463 e. The Bertz CT molecular complexity index is 900. The van der Waals surface area contributed by atoms with Gasteiger partial charge < -0.3 is 25.0 Å². The third-order valence-electron chi connectivity index (χ3n) is 5.09. The first-order valence-electron chi connectivity index (χ1n) is 9.58. The minimum absolute atomic E-state index is 0.143. The van der Waals surface area contributed by atoms with Crippen molar-refractivity contribution in [2.45, 2.75) is 63.9 Å². The van der Waals surface area contributed by atoms with Crippen LogP contribution < -0.4 is 5.32 Å². The van der Waals surface area contributed by atoms with Crippen LogP contribution in [0.4, 0.5) is 5.82 Å². The topological polar surface area (TPSA) is 135 Å². The summed E-state index contributed by atoms with van der Waals surface area (Å²) >= 11 is 0. The molecular weight excluding hydrogens is 380 g/mol. The fraction of sp³-hybridized carbons (Fsp3) is 0.579. The number of amides is 1. The van der Waals surface area contributed by atoms with Crippen molar-refractivity contribution in [1.29, 1.82) is 0 Å². The maximum absolute atomic E-state index is 12.1. The molecule has 2 aromatic heterocycles. The van der Waals surface area contributed by atoms with Crippen molar-refractivity contribution in [2.24, 2.45) is 0 Å². The molecule has 10 nitrogen and oxygen atoms in total. The Labute approximate surface area is 167 Å². The number of nitrogens with zero attached hydrogens (tertiary/aromatic N) is 3. The minimum Gasteiger partial charge on any atom is -0.463 e. The summed E-state index contributed by atoms with van der Waals surface area (Å²) in [7, 11) is 0. The van der Waals surface area contributed by atoms with E-state index in [9.17, 15) is 19.8 Å². The van der Waals surface area contributed by atoms with Crippen LogP contribution in [0.25, 0.3) is 5.52 Å². The maximum atomic E-state index is 12.1. The number of nitrogens with one attached hydrogen (secondary N) is 1. The Morgan fingerprint density at radius 2 is 2.14 bits per heavy atom. The molecule has 0 aliphatic carbocycles. The molecule has 4 atom stereocenters. The molecule has 10 heteroatoms. The SMILES string of the molecule is CCCCC(=O)Nc1ncnn2c([C@]3(C)O[C@H](COC(C)=O)[C@@H](O)[C@H]3O)ccc12. The van der Waals surface area contributed by atoms with Crippen molar-refractivity contribution in [3.63, 3.8) is 0 Å². The van der Waals surface area contributed by atoms with Gasteiger partial charge in [-0.1, -0.05) is 13.3 Å². The van der Waals surface area contributed by atoms with Gasteiger partial charge in [0.1, 0.15) is 42.4 Å². The molecule has 1 saturated heterocycles. The number of aromatic nitrogens is 3. The van der Waals surface area contributed by atoms with Gasteiger partial charge in [0.05, 0.1) is 5.69 Å².